The third-order valence-corrected chi connectivity index (χ3v) is 3.83. The van der Waals surface area contributed by atoms with Gasteiger partial charge in [0.05, 0.1) is 12.7 Å². The fourth-order valence-electron chi connectivity index (χ4n) is 2.63. The summed E-state index contributed by atoms with van der Waals surface area (Å²) in [5.74, 6) is 0.504. The van der Waals surface area contributed by atoms with Gasteiger partial charge in [-0.25, -0.2) is 0 Å². The van der Waals surface area contributed by atoms with E-state index in [0.29, 0.717) is 5.75 Å². The number of aromatic hydroxyl groups is 1. The van der Waals surface area contributed by atoms with Crippen molar-refractivity contribution in [3.8, 4) is 11.5 Å². The summed E-state index contributed by atoms with van der Waals surface area (Å²) >= 11 is 0. The number of rotatable bonds is 3. The largest absolute Gasteiger partial charge is 0.508 e. The summed E-state index contributed by atoms with van der Waals surface area (Å²) in [4.78, 5) is 0. The molecule has 0 amide bonds. The van der Waals surface area contributed by atoms with Crippen LogP contribution in [0.1, 0.15) is 20.8 Å². The maximum absolute atomic E-state index is 10.4. The van der Waals surface area contributed by atoms with Gasteiger partial charge in [0.1, 0.15) is 29.8 Å². The number of benzene rings is 1. The number of phenolic OH excluding ortho intramolecular Hbond substituents is 1. The van der Waals surface area contributed by atoms with Gasteiger partial charge in [-0.3, -0.25) is 0 Å². The van der Waals surface area contributed by atoms with Crippen LogP contribution < -0.4 is 4.74 Å². The first-order chi connectivity index (χ1) is 10.2. The Kier molecular flexibility index (Phi) is 4.97. The molecule has 0 bridgehead atoms. The van der Waals surface area contributed by atoms with Gasteiger partial charge in [0.2, 0.25) is 0 Å². The molecule has 1 aromatic rings. The van der Waals surface area contributed by atoms with E-state index in [1.54, 1.807) is 12.1 Å². The summed E-state index contributed by atoms with van der Waals surface area (Å²) in [6.45, 7) is 5.34. The number of ether oxygens (including phenoxy) is 2. The van der Waals surface area contributed by atoms with E-state index in [4.69, 9.17) is 9.47 Å². The van der Waals surface area contributed by atoms with Crippen molar-refractivity contribution in [3.63, 3.8) is 0 Å². The fraction of sp³-hybridized carbons (Fsp3) is 0.625. The van der Waals surface area contributed by atoms with Crippen LogP contribution in [0.25, 0.3) is 0 Å². The maximum Gasteiger partial charge on any atom is 0.155 e. The SMILES string of the molecule is CC(C)(C)[C@H]1OC(CO)[C@@H](Oc2ccc(O)cc2)[C@H](O)C1O. The Labute approximate surface area is 129 Å². The van der Waals surface area contributed by atoms with Crippen LogP contribution in [-0.2, 0) is 4.74 Å². The number of hydrogen-bond donors (Lipinski definition) is 4. The molecule has 5 atom stereocenters. The van der Waals surface area contributed by atoms with Gasteiger partial charge < -0.3 is 29.9 Å². The standard InChI is InChI=1S/C16H24O6/c1-16(2,3)15-13(20)12(19)14(11(8-17)22-15)21-10-6-4-9(18)5-7-10/h4-7,11-15,17-20H,8H2,1-3H3/t11?,12-,13?,14-,15+/m1/s1. The van der Waals surface area contributed by atoms with Crippen molar-refractivity contribution in [2.45, 2.75) is 51.3 Å². The highest BCUT2D eigenvalue weighted by atomic mass is 16.6. The summed E-state index contributed by atoms with van der Waals surface area (Å²) in [6.07, 6.45) is -4.58. The first kappa shape index (κ1) is 17.0. The highest BCUT2D eigenvalue weighted by Gasteiger charge is 2.49. The summed E-state index contributed by atoms with van der Waals surface area (Å²) < 4.78 is 11.4. The van der Waals surface area contributed by atoms with Crippen molar-refractivity contribution in [1.29, 1.82) is 0 Å². The van der Waals surface area contributed by atoms with Crippen LogP contribution >= 0.6 is 0 Å². The molecule has 6 heteroatoms. The van der Waals surface area contributed by atoms with Crippen LogP contribution in [0.3, 0.4) is 0 Å². The molecule has 1 saturated heterocycles. The lowest BCUT2D eigenvalue weighted by Gasteiger charge is -2.46. The number of aliphatic hydroxyl groups excluding tert-OH is 3. The lowest BCUT2D eigenvalue weighted by molar-refractivity contribution is -0.244. The smallest absolute Gasteiger partial charge is 0.155 e. The Morgan fingerprint density at radius 3 is 2.18 bits per heavy atom. The second-order valence-electron chi connectivity index (χ2n) is 6.70. The summed E-state index contributed by atoms with van der Waals surface area (Å²) in [7, 11) is 0. The normalized spacial score (nSPS) is 32.7. The third kappa shape index (κ3) is 3.52. The molecule has 1 fully saturated rings. The molecule has 124 valence electrons. The van der Waals surface area contributed by atoms with Gasteiger partial charge in [-0.2, -0.15) is 0 Å². The quantitative estimate of drug-likeness (QED) is 0.655. The zero-order chi connectivity index (χ0) is 16.5. The average Bonchev–Trinajstić information content (AvgIpc) is 2.45. The van der Waals surface area contributed by atoms with Crippen molar-refractivity contribution in [2.75, 3.05) is 6.61 Å². The van der Waals surface area contributed by atoms with E-state index in [0.717, 1.165) is 0 Å². The predicted octanol–water partition coefficient (Wildman–Crippen LogP) is 0.667. The van der Waals surface area contributed by atoms with Gasteiger partial charge in [0, 0.05) is 0 Å². The lowest BCUT2D eigenvalue weighted by atomic mass is 9.80. The second-order valence-corrected chi connectivity index (χ2v) is 6.70. The van der Waals surface area contributed by atoms with Gasteiger partial charge in [0.15, 0.2) is 6.10 Å². The van der Waals surface area contributed by atoms with Crippen molar-refractivity contribution in [1.82, 2.24) is 0 Å². The van der Waals surface area contributed by atoms with Crippen LogP contribution in [0.2, 0.25) is 0 Å². The minimum absolute atomic E-state index is 0.0966. The molecule has 0 aliphatic carbocycles. The molecule has 0 saturated carbocycles. The molecule has 0 spiro atoms. The van der Waals surface area contributed by atoms with E-state index in [-0.39, 0.29) is 12.4 Å². The lowest BCUT2D eigenvalue weighted by Crippen LogP contribution is -2.63. The second kappa shape index (κ2) is 6.42. The zero-order valence-electron chi connectivity index (χ0n) is 13.0. The molecule has 2 rings (SSSR count). The van der Waals surface area contributed by atoms with Crippen molar-refractivity contribution in [3.05, 3.63) is 24.3 Å². The summed E-state index contributed by atoms with van der Waals surface area (Å²) in [5.41, 5.74) is -0.392. The monoisotopic (exact) mass is 312 g/mol. The number of hydrogen-bond acceptors (Lipinski definition) is 6. The molecule has 0 aromatic heterocycles. The Bertz CT molecular complexity index is 478. The van der Waals surface area contributed by atoms with Gasteiger partial charge in [-0.05, 0) is 29.7 Å². The van der Waals surface area contributed by atoms with Crippen molar-refractivity contribution >= 4 is 0 Å². The molecular weight excluding hydrogens is 288 g/mol. The van der Waals surface area contributed by atoms with Gasteiger partial charge in [-0.1, -0.05) is 20.8 Å². The molecule has 1 aromatic carbocycles. The van der Waals surface area contributed by atoms with Crippen molar-refractivity contribution in [2.24, 2.45) is 5.41 Å². The number of phenols is 1. The Morgan fingerprint density at radius 1 is 1.09 bits per heavy atom. The number of aliphatic hydroxyl groups is 3. The maximum atomic E-state index is 10.4. The van der Waals surface area contributed by atoms with Crippen molar-refractivity contribution < 1.29 is 29.9 Å². The van der Waals surface area contributed by atoms with E-state index in [1.807, 2.05) is 20.8 Å². The Morgan fingerprint density at radius 2 is 1.68 bits per heavy atom. The van der Waals surface area contributed by atoms with E-state index in [2.05, 4.69) is 0 Å². The minimum atomic E-state index is -1.19. The molecule has 6 nitrogen and oxygen atoms in total. The predicted molar refractivity (Wildman–Crippen MR) is 79.7 cm³/mol. The van der Waals surface area contributed by atoms with E-state index in [1.165, 1.54) is 12.1 Å². The average molecular weight is 312 g/mol. The Hall–Kier alpha value is -1.34. The van der Waals surface area contributed by atoms with Crippen LogP contribution in [-0.4, -0.2) is 57.6 Å². The third-order valence-electron chi connectivity index (χ3n) is 3.83. The Balaban J connectivity index is 2.18. The minimum Gasteiger partial charge on any atom is -0.508 e. The van der Waals surface area contributed by atoms with E-state index >= 15 is 0 Å². The van der Waals surface area contributed by atoms with E-state index < -0.39 is 35.9 Å². The molecular formula is C16H24O6. The highest BCUT2D eigenvalue weighted by molar-refractivity contribution is 5.30. The van der Waals surface area contributed by atoms with Gasteiger partial charge in [0.25, 0.3) is 0 Å². The van der Waals surface area contributed by atoms with Crippen LogP contribution in [0, 0.1) is 5.41 Å². The first-order valence-electron chi connectivity index (χ1n) is 7.32. The van der Waals surface area contributed by atoms with Crippen LogP contribution in [0.15, 0.2) is 24.3 Å². The molecule has 1 aliphatic rings. The molecule has 4 N–H and O–H groups in total. The summed E-state index contributed by atoms with van der Waals surface area (Å²) in [5, 5.41) is 39.5. The highest BCUT2D eigenvalue weighted by Crippen LogP contribution is 2.34. The topological polar surface area (TPSA) is 99.4 Å². The van der Waals surface area contributed by atoms with Gasteiger partial charge >= 0.3 is 0 Å². The van der Waals surface area contributed by atoms with Crippen LogP contribution in [0.4, 0.5) is 0 Å². The fourth-order valence-corrected chi connectivity index (χ4v) is 2.63. The zero-order valence-corrected chi connectivity index (χ0v) is 13.0. The van der Waals surface area contributed by atoms with Gasteiger partial charge in [-0.15, -0.1) is 0 Å². The molecule has 0 radical (unpaired) electrons. The first-order valence-corrected chi connectivity index (χ1v) is 7.32. The molecule has 1 heterocycles. The molecule has 22 heavy (non-hydrogen) atoms. The summed E-state index contributed by atoms with van der Waals surface area (Å²) in [6, 6.07) is 5.99. The molecule has 2 unspecified atom stereocenters. The van der Waals surface area contributed by atoms with Crippen LogP contribution in [0.5, 0.6) is 11.5 Å². The van der Waals surface area contributed by atoms with E-state index in [9.17, 15) is 20.4 Å². The molecule has 1 aliphatic heterocycles.